The molecule has 1 N–H and O–H groups in total. The van der Waals surface area contributed by atoms with E-state index in [1.807, 2.05) is 0 Å². The molecular formula is C13H7FN2O2S. The summed E-state index contributed by atoms with van der Waals surface area (Å²) < 4.78 is 13.4. The Labute approximate surface area is 112 Å². The van der Waals surface area contributed by atoms with Gasteiger partial charge in [-0.3, -0.25) is 0 Å². The van der Waals surface area contributed by atoms with Crippen molar-refractivity contribution in [3.05, 3.63) is 53.6 Å². The Morgan fingerprint density at radius 2 is 2.21 bits per heavy atom. The summed E-state index contributed by atoms with van der Waals surface area (Å²) in [7, 11) is 0. The van der Waals surface area contributed by atoms with E-state index >= 15 is 0 Å². The summed E-state index contributed by atoms with van der Waals surface area (Å²) >= 11 is 1.12. The molecule has 0 fully saturated rings. The Bertz CT molecular complexity index is 683. The molecule has 0 unspecified atom stereocenters. The van der Waals surface area contributed by atoms with Gasteiger partial charge in [0.15, 0.2) is 0 Å². The molecule has 0 aliphatic heterocycles. The first-order valence-electron chi connectivity index (χ1n) is 5.17. The van der Waals surface area contributed by atoms with E-state index in [9.17, 15) is 9.18 Å². The number of hydrogen-bond acceptors (Lipinski definition) is 4. The first-order chi connectivity index (χ1) is 9.11. The van der Waals surface area contributed by atoms with Crippen LogP contribution >= 0.6 is 11.8 Å². The number of rotatable bonds is 3. The molecule has 19 heavy (non-hydrogen) atoms. The second kappa shape index (κ2) is 5.50. The smallest absolute Gasteiger partial charge is 0.354 e. The minimum atomic E-state index is -1.14. The van der Waals surface area contributed by atoms with Crippen LogP contribution in [0.1, 0.15) is 16.1 Å². The molecule has 4 nitrogen and oxygen atoms in total. The molecule has 0 aliphatic rings. The second-order valence-electron chi connectivity index (χ2n) is 3.51. The maximum atomic E-state index is 13.4. The Hall–Kier alpha value is -2.39. The van der Waals surface area contributed by atoms with Crippen LogP contribution in [0.25, 0.3) is 0 Å². The Balaban J connectivity index is 2.37. The number of aromatic carboxylic acids is 1. The number of aromatic nitrogens is 1. The van der Waals surface area contributed by atoms with Crippen molar-refractivity contribution in [2.45, 2.75) is 9.79 Å². The van der Waals surface area contributed by atoms with Crippen LogP contribution < -0.4 is 0 Å². The van der Waals surface area contributed by atoms with Crippen LogP contribution in [0.5, 0.6) is 0 Å². The number of carbonyl (C=O) groups is 1. The number of nitrogens with zero attached hydrogens (tertiary/aromatic N) is 2. The van der Waals surface area contributed by atoms with Gasteiger partial charge in [0.1, 0.15) is 23.1 Å². The lowest BCUT2D eigenvalue weighted by Crippen LogP contribution is -1.99. The van der Waals surface area contributed by atoms with Gasteiger partial charge in [-0.2, -0.15) is 5.26 Å². The number of pyridine rings is 1. The largest absolute Gasteiger partial charge is 0.477 e. The van der Waals surface area contributed by atoms with Crippen LogP contribution in [-0.2, 0) is 0 Å². The molecule has 0 bridgehead atoms. The van der Waals surface area contributed by atoms with Gasteiger partial charge in [-0.05, 0) is 24.3 Å². The van der Waals surface area contributed by atoms with Crippen molar-refractivity contribution in [2.75, 3.05) is 0 Å². The molecule has 0 amide bonds. The van der Waals surface area contributed by atoms with Crippen LogP contribution in [-0.4, -0.2) is 16.1 Å². The third-order valence-electron chi connectivity index (χ3n) is 2.27. The number of carboxylic acid groups (broad SMARTS) is 1. The molecule has 0 saturated carbocycles. The monoisotopic (exact) mass is 274 g/mol. The summed E-state index contributed by atoms with van der Waals surface area (Å²) in [6.07, 6.45) is 1.36. The highest BCUT2D eigenvalue weighted by Crippen LogP contribution is 2.31. The molecule has 1 aromatic carbocycles. The fourth-order valence-electron chi connectivity index (χ4n) is 1.42. The van der Waals surface area contributed by atoms with E-state index in [0.29, 0.717) is 9.79 Å². The quantitative estimate of drug-likeness (QED) is 0.931. The van der Waals surface area contributed by atoms with Crippen LogP contribution in [0.2, 0.25) is 0 Å². The fraction of sp³-hybridized carbons (Fsp3) is 0. The highest BCUT2D eigenvalue weighted by atomic mass is 32.2. The van der Waals surface area contributed by atoms with Gasteiger partial charge in [-0.25, -0.2) is 14.2 Å². The van der Waals surface area contributed by atoms with E-state index in [2.05, 4.69) is 4.98 Å². The standard InChI is InChI=1S/C13H7FN2O2S/c14-10-2-1-3-12(9(10)7-15)19-8-4-5-16-11(6-8)13(17)18/h1-6H,(H,17,18). The predicted molar refractivity (Wildman–Crippen MR) is 66.4 cm³/mol. The minimum Gasteiger partial charge on any atom is -0.477 e. The lowest BCUT2D eigenvalue weighted by Gasteiger charge is -2.05. The molecule has 0 saturated heterocycles. The minimum absolute atomic E-state index is 0.0545. The van der Waals surface area contributed by atoms with Crippen molar-refractivity contribution in [2.24, 2.45) is 0 Å². The number of nitriles is 1. The molecule has 2 rings (SSSR count). The van der Waals surface area contributed by atoms with E-state index in [0.717, 1.165) is 11.8 Å². The van der Waals surface area contributed by atoms with Crippen molar-refractivity contribution >= 4 is 17.7 Å². The zero-order valence-electron chi connectivity index (χ0n) is 9.50. The SMILES string of the molecule is N#Cc1c(F)cccc1Sc1ccnc(C(=O)O)c1. The number of benzene rings is 1. The predicted octanol–water partition coefficient (Wildman–Crippen LogP) is 2.94. The maximum absolute atomic E-state index is 13.4. The third-order valence-corrected chi connectivity index (χ3v) is 3.32. The van der Waals surface area contributed by atoms with Gasteiger partial charge in [0.05, 0.1) is 0 Å². The maximum Gasteiger partial charge on any atom is 0.354 e. The molecule has 0 radical (unpaired) electrons. The van der Waals surface area contributed by atoms with E-state index < -0.39 is 11.8 Å². The molecule has 0 spiro atoms. The van der Waals surface area contributed by atoms with Gasteiger partial charge in [0.25, 0.3) is 0 Å². The van der Waals surface area contributed by atoms with Gasteiger partial charge in [-0.15, -0.1) is 0 Å². The molecule has 0 atom stereocenters. The van der Waals surface area contributed by atoms with E-state index in [1.54, 1.807) is 18.2 Å². The van der Waals surface area contributed by atoms with Gasteiger partial charge in [-0.1, -0.05) is 17.8 Å². The molecule has 94 valence electrons. The van der Waals surface area contributed by atoms with E-state index in [1.165, 1.54) is 24.4 Å². The Kier molecular flexibility index (Phi) is 3.78. The number of carboxylic acids is 1. The Morgan fingerprint density at radius 1 is 1.42 bits per heavy atom. The first-order valence-corrected chi connectivity index (χ1v) is 5.99. The summed E-state index contributed by atoms with van der Waals surface area (Å²) in [5.41, 5.74) is -0.152. The Morgan fingerprint density at radius 3 is 2.89 bits per heavy atom. The van der Waals surface area contributed by atoms with Crippen molar-refractivity contribution < 1.29 is 14.3 Å². The highest BCUT2D eigenvalue weighted by Gasteiger charge is 2.11. The lowest BCUT2D eigenvalue weighted by molar-refractivity contribution is 0.0690. The van der Waals surface area contributed by atoms with E-state index in [-0.39, 0.29) is 11.3 Å². The molecular weight excluding hydrogens is 267 g/mol. The van der Waals surface area contributed by atoms with E-state index in [4.69, 9.17) is 10.4 Å². The third kappa shape index (κ3) is 2.89. The molecule has 1 heterocycles. The van der Waals surface area contributed by atoms with Crippen LogP contribution in [0.15, 0.2) is 46.3 Å². The zero-order valence-corrected chi connectivity index (χ0v) is 10.3. The fourth-order valence-corrected chi connectivity index (χ4v) is 2.36. The molecule has 1 aromatic heterocycles. The van der Waals surface area contributed by atoms with Crippen molar-refractivity contribution in [1.82, 2.24) is 4.98 Å². The summed E-state index contributed by atoms with van der Waals surface area (Å²) in [5.74, 6) is -1.73. The second-order valence-corrected chi connectivity index (χ2v) is 4.62. The topological polar surface area (TPSA) is 74.0 Å². The lowest BCUT2D eigenvalue weighted by atomic mass is 10.2. The number of hydrogen-bond donors (Lipinski definition) is 1. The molecule has 2 aromatic rings. The molecule has 6 heteroatoms. The summed E-state index contributed by atoms with van der Waals surface area (Å²) in [5, 5.41) is 17.7. The van der Waals surface area contributed by atoms with Gasteiger partial charge in [0, 0.05) is 16.0 Å². The van der Waals surface area contributed by atoms with Crippen molar-refractivity contribution in [1.29, 1.82) is 5.26 Å². The van der Waals surface area contributed by atoms with Gasteiger partial charge < -0.3 is 5.11 Å². The summed E-state index contributed by atoms with van der Waals surface area (Å²) in [6, 6.07) is 9.08. The van der Waals surface area contributed by atoms with Crippen molar-refractivity contribution in [3.8, 4) is 6.07 Å². The molecule has 0 aliphatic carbocycles. The highest BCUT2D eigenvalue weighted by molar-refractivity contribution is 7.99. The van der Waals surface area contributed by atoms with Gasteiger partial charge >= 0.3 is 5.97 Å². The normalized spacial score (nSPS) is 9.89. The van der Waals surface area contributed by atoms with Crippen molar-refractivity contribution in [3.63, 3.8) is 0 Å². The number of halogens is 1. The van der Waals surface area contributed by atoms with Crippen LogP contribution in [0, 0.1) is 17.1 Å². The zero-order chi connectivity index (χ0) is 13.8. The average molecular weight is 274 g/mol. The first kappa shape index (κ1) is 13.1. The van der Waals surface area contributed by atoms with Crippen LogP contribution in [0.4, 0.5) is 4.39 Å². The average Bonchev–Trinajstić information content (AvgIpc) is 2.39. The van der Waals surface area contributed by atoms with Gasteiger partial charge in [0.2, 0.25) is 0 Å². The summed E-state index contributed by atoms with van der Waals surface area (Å²) in [4.78, 5) is 15.5. The summed E-state index contributed by atoms with van der Waals surface area (Å²) in [6.45, 7) is 0. The van der Waals surface area contributed by atoms with Crippen LogP contribution in [0.3, 0.4) is 0 Å².